The lowest BCUT2D eigenvalue weighted by atomic mass is 9.95. The standard InChI is InChI=1S/C17H22N2O2S2/c1-12(16(20)18-13-6-3-2-4-7-13)22-10-14-11-23-17(19-14)15-8-5-9-21-15/h5,8-9,11-13H,2-4,6-7,10H2,1H3,(H,18,20). The van der Waals surface area contributed by atoms with Crippen LogP contribution in [0.5, 0.6) is 0 Å². The number of nitrogens with zero attached hydrogens (tertiary/aromatic N) is 1. The van der Waals surface area contributed by atoms with Crippen LogP contribution in [0.15, 0.2) is 28.2 Å². The minimum Gasteiger partial charge on any atom is -0.462 e. The Hall–Kier alpha value is -1.27. The van der Waals surface area contributed by atoms with Crippen molar-refractivity contribution in [2.24, 2.45) is 0 Å². The predicted molar refractivity (Wildman–Crippen MR) is 95.6 cm³/mol. The van der Waals surface area contributed by atoms with E-state index < -0.39 is 0 Å². The molecule has 1 N–H and O–H groups in total. The maximum Gasteiger partial charge on any atom is 0.233 e. The zero-order valence-corrected chi connectivity index (χ0v) is 14.9. The van der Waals surface area contributed by atoms with Crippen LogP contribution in [0.25, 0.3) is 10.8 Å². The van der Waals surface area contributed by atoms with E-state index in [0.29, 0.717) is 6.04 Å². The molecule has 1 saturated carbocycles. The summed E-state index contributed by atoms with van der Waals surface area (Å²) in [6, 6.07) is 4.16. The van der Waals surface area contributed by atoms with Crippen LogP contribution < -0.4 is 5.32 Å². The molecule has 1 fully saturated rings. The summed E-state index contributed by atoms with van der Waals surface area (Å²) >= 11 is 3.22. The van der Waals surface area contributed by atoms with Crippen molar-refractivity contribution in [3.8, 4) is 10.8 Å². The van der Waals surface area contributed by atoms with Gasteiger partial charge < -0.3 is 9.73 Å². The number of rotatable bonds is 6. The first-order chi connectivity index (χ1) is 11.2. The van der Waals surface area contributed by atoms with Gasteiger partial charge in [0.25, 0.3) is 0 Å². The van der Waals surface area contributed by atoms with Crippen molar-refractivity contribution in [2.45, 2.75) is 56.1 Å². The molecule has 0 aliphatic heterocycles. The third-order valence-corrected chi connectivity index (χ3v) is 6.17. The Labute approximate surface area is 145 Å². The highest BCUT2D eigenvalue weighted by Crippen LogP contribution is 2.27. The highest BCUT2D eigenvalue weighted by molar-refractivity contribution is 7.99. The molecule has 2 heterocycles. The van der Waals surface area contributed by atoms with Gasteiger partial charge in [-0.05, 0) is 31.9 Å². The Bertz CT molecular complexity index is 618. The summed E-state index contributed by atoms with van der Waals surface area (Å²) in [4.78, 5) is 16.8. The molecule has 3 rings (SSSR count). The van der Waals surface area contributed by atoms with E-state index in [4.69, 9.17) is 4.42 Å². The predicted octanol–water partition coefficient (Wildman–Crippen LogP) is 4.47. The highest BCUT2D eigenvalue weighted by Gasteiger charge is 2.20. The zero-order valence-electron chi connectivity index (χ0n) is 13.3. The van der Waals surface area contributed by atoms with Gasteiger partial charge in [0.1, 0.15) is 0 Å². The first-order valence-electron chi connectivity index (χ1n) is 8.12. The largest absolute Gasteiger partial charge is 0.462 e. The van der Waals surface area contributed by atoms with Crippen LogP contribution in [0.4, 0.5) is 0 Å². The Morgan fingerprint density at radius 1 is 1.48 bits per heavy atom. The third kappa shape index (κ3) is 4.61. The average molecular weight is 351 g/mol. The second-order valence-corrected chi connectivity index (χ2v) is 8.11. The first kappa shape index (κ1) is 16.6. The van der Waals surface area contributed by atoms with Crippen molar-refractivity contribution in [3.05, 3.63) is 29.5 Å². The number of aromatic nitrogens is 1. The number of hydrogen-bond donors (Lipinski definition) is 1. The summed E-state index contributed by atoms with van der Waals surface area (Å²) in [5, 5.41) is 6.07. The third-order valence-electron chi connectivity index (χ3n) is 4.09. The molecule has 1 aliphatic rings. The fourth-order valence-corrected chi connectivity index (χ4v) is 4.42. The molecular weight excluding hydrogens is 328 g/mol. The number of nitrogens with one attached hydrogen (secondary N) is 1. The van der Waals surface area contributed by atoms with Gasteiger partial charge in [0, 0.05) is 17.2 Å². The van der Waals surface area contributed by atoms with Crippen molar-refractivity contribution < 1.29 is 9.21 Å². The monoisotopic (exact) mass is 350 g/mol. The van der Waals surface area contributed by atoms with Crippen LogP contribution >= 0.6 is 23.1 Å². The minimum atomic E-state index is -0.0503. The molecular formula is C17H22N2O2S2. The molecule has 0 radical (unpaired) electrons. The summed E-state index contributed by atoms with van der Waals surface area (Å²) in [6.45, 7) is 1.97. The molecule has 0 spiro atoms. The van der Waals surface area contributed by atoms with Crippen LogP contribution in [0.1, 0.15) is 44.7 Å². The Morgan fingerprint density at radius 3 is 3.04 bits per heavy atom. The van der Waals surface area contributed by atoms with E-state index >= 15 is 0 Å². The number of thiazole rings is 1. The van der Waals surface area contributed by atoms with Gasteiger partial charge in [-0.25, -0.2) is 4.98 Å². The average Bonchev–Trinajstić information content (AvgIpc) is 3.24. The SMILES string of the molecule is CC(SCc1csc(-c2ccco2)n1)C(=O)NC1CCCCC1. The lowest BCUT2D eigenvalue weighted by molar-refractivity contribution is -0.121. The van der Waals surface area contributed by atoms with Gasteiger partial charge in [0.2, 0.25) is 5.91 Å². The molecule has 2 aromatic rings. The lowest BCUT2D eigenvalue weighted by Gasteiger charge is -2.24. The second kappa shape index (κ2) is 8.02. The maximum absolute atomic E-state index is 12.3. The van der Waals surface area contributed by atoms with Gasteiger partial charge in [-0.3, -0.25) is 4.79 Å². The highest BCUT2D eigenvalue weighted by atomic mass is 32.2. The number of furan rings is 1. The summed E-state index contributed by atoms with van der Waals surface area (Å²) in [5.41, 5.74) is 1.00. The molecule has 124 valence electrons. The van der Waals surface area contributed by atoms with Crippen LogP contribution in [-0.2, 0) is 10.5 Å². The topological polar surface area (TPSA) is 55.1 Å². The lowest BCUT2D eigenvalue weighted by Crippen LogP contribution is -2.40. The zero-order chi connectivity index (χ0) is 16.1. The van der Waals surface area contributed by atoms with Gasteiger partial charge in [0.15, 0.2) is 10.8 Å². The van der Waals surface area contributed by atoms with E-state index in [-0.39, 0.29) is 11.2 Å². The molecule has 6 heteroatoms. The van der Waals surface area contributed by atoms with Gasteiger partial charge in [-0.2, -0.15) is 0 Å². The smallest absolute Gasteiger partial charge is 0.233 e. The summed E-state index contributed by atoms with van der Waals surface area (Å²) < 4.78 is 5.36. The number of carbonyl (C=O) groups is 1. The quantitative estimate of drug-likeness (QED) is 0.835. The van der Waals surface area contributed by atoms with Gasteiger partial charge >= 0.3 is 0 Å². The Kier molecular flexibility index (Phi) is 5.78. The Morgan fingerprint density at radius 2 is 2.30 bits per heavy atom. The number of thioether (sulfide) groups is 1. The van der Waals surface area contributed by atoms with Crippen LogP contribution in [0.2, 0.25) is 0 Å². The van der Waals surface area contributed by atoms with E-state index in [9.17, 15) is 4.79 Å². The fourth-order valence-electron chi connectivity index (χ4n) is 2.74. The second-order valence-electron chi connectivity index (χ2n) is 5.92. The summed E-state index contributed by atoms with van der Waals surface area (Å²) in [6.07, 6.45) is 7.69. The normalized spacial score (nSPS) is 17.1. The minimum absolute atomic E-state index is 0.0503. The number of amides is 1. The number of hydrogen-bond acceptors (Lipinski definition) is 5. The molecule has 0 aromatic carbocycles. The molecule has 1 atom stereocenters. The van der Waals surface area contributed by atoms with Crippen molar-refractivity contribution >= 4 is 29.0 Å². The molecule has 23 heavy (non-hydrogen) atoms. The van der Waals surface area contributed by atoms with Crippen LogP contribution in [0.3, 0.4) is 0 Å². The number of carbonyl (C=O) groups excluding carboxylic acids is 1. The molecule has 4 nitrogen and oxygen atoms in total. The van der Waals surface area contributed by atoms with E-state index in [0.717, 1.165) is 35.1 Å². The van der Waals surface area contributed by atoms with E-state index in [1.807, 2.05) is 24.4 Å². The van der Waals surface area contributed by atoms with E-state index in [1.165, 1.54) is 19.3 Å². The molecule has 2 aromatic heterocycles. The van der Waals surface area contributed by atoms with Crippen molar-refractivity contribution in [1.29, 1.82) is 0 Å². The molecule has 1 aliphatic carbocycles. The maximum atomic E-state index is 12.3. The van der Waals surface area contributed by atoms with Gasteiger partial charge in [-0.15, -0.1) is 23.1 Å². The molecule has 0 bridgehead atoms. The van der Waals surface area contributed by atoms with Gasteiger partial charge in [0.05, 0.1) is 17.2 Å². The van der Waals surface area contributed by atoms with Crippen molar-refractivity contribution in [1.82, 2.24) is 10.3 Å². The van der Waals surface area contributed by atoms with Crippen LogP contribution in [-0.4, -0.2) is 22.2 Å². The van der Waals surface area contributed by atoms with E-state index in [1.54, 1.807) is 29.4 Å². The first-order valence-corrected chi connectivity index (χ1v) is 10.1. The van der Waals surface area contributed by atoms with Gasteiger partial charge in [-0.1, -0.05) is 19.3 Å². The fraction of sp³-hybridized carbons (Fsp3) is 0.529. The van der Waals surface area contributed by atoms with Crippen LogP contribution in [0, 0.1) is 0 Å². The molecule has 0 saturated heterocycles. The summed E-state index contributed by atoms with van der Waals surface area (Å²) in [7, 11) is 0. The van der Waals surface area contributed by atoms with Crippen molar-refractivity contribution in [2.75, 3.05) is 0 Å². The molecule has 1 unspecified atom stereocenters. The molecule has 1 amide bonds. The Balaban J connectivity index is 1.46. The van der Waals surface area contributed by atoms with Crippen molar-refractivity contribution in [3.63, 3.8) is 0 Å². The van der Waals surface area contributed by atoms with E-state index in [2.05, 4.69) is 10.3 Å². The summed E-state index contributed by atoms with van der Waals surface area (Å²) in [5.74, 6) is 1.70.